The van der Waals surface area contributed by atoms with Crippen LogP contribution in [0.3, 0.4) is 0 Å². The van der Waals surface area contributed by atoms with Crippen molar-refractivity contribution in [3.8, 4) is 0 Å². The molecule has 2 rings (SSSR count). The number of rotatable bonds is 1. The maximum Gasteiger partial charge on any atom is 0.322 e. The van der Waals surface area contributed by atoms with Crippen LogP contribution in [0, 0.1) is 0 Å². The lowest BCUT2D eigenvalue weighted by molar-refractivity contribution is -0.00138. The molecule has 0 saturated carbocycles. The summed E-state index contributed by atoms with van der Waals surface area (Å²) in [6.45, 7) is 3.78. The van der Waals surface area contributed by atoms with Crippen LogP contribution in [-0.2, 0) is 4.74 Å². The zero-order valence-corrected chi connectivity index (χ0v) is 10.4. The van der Waals surface area contributed by atoms with E-state index in [-0.39, 0.29) is 12.1 Å². The predicted molar refractivity (Wildman–Crippen MR) is 67.5 cm³/mol. The average molecular weight is 255 g/mol. The molecule has 2 amide bonds. The number of carbonyl (C=O) groups excluding carboxylic acids is 1. The highest BCUT2D eigenvalue weighted by Crippen LogP contribution is 2.16. The van der Waals surface area contributed by atoms with Gasteiger partial charge in [-0.05, 0) is 25.1 Å². The molecule has 92 valence electrons. The Morgan fingerprint density at radius 1 is 1.59 bits per heavy atom. The first-order valence-electron chi connectivity index (χ1n) is 5.58. The van der Waals surface area contributed by atoms with Crippen molar-refractivity contribution >= 4 is 23.3 Å². The van der Waals surface area contributed by atoms with Crippen LogP contribution in [-0.4, -0.2) is 36.7 Å². The number of hydrogen-bond acceptors (Lipinski definition) is 2. The molecule has 0 bridgehead atoms. The fourth-order valence-electron chi connectivity index (χ4n) is 1.77. The Morgan fingerprint density at radius 2 is 2.41 bits per heavy atom. The van der Waals surface area contributed by atoms with Gasteiger partial charge in [-0.25, -0.2) is 4.79 Å². The van der Waals surface area contributed by atoms with E-state index in [4.69, 9.17) is 16.3 Å². The molecule has 1 aromatic carbocycles. The molecule has 0 aliphatic carbocycles. The van der Waals surface area contributed by atoms with Gasteiger partial charge in [-0.15, -0.1) is 0 Å². The van der Waals surface area contributed by atoms with Crippen LogP contribution in [0.25, 0.3) is 0 Å². The highest BCUT2D eigenvalue weighted by atomic mass is 35.5. The number of hydrogen-bond donors (Lipinski definition) is 1. The summed E-state index contributed by atoms with van der Waals surface area (Å²) in [5.41, 5.74) is 0.710. The first-order valence-corrected chi connectivity index (χ1v) is 5.96. The quantitative estimate of drug-likeness (QED) is 0.837. The molecule has 1 atom stereocenters. The Balaban J connectivity index is 1.96. The van der Waals surface area contributed by atoms with Gasteiger partial charge in [0.25, 0.3) is 0 Å². The number of morpholine rings is 1. The molecule has 1 aliphatic heterocycles. The fourth-order valence-corrected chi connectivity index (χ4v) is 1.96. The number of amides is 2. The van der Waals surface area contributed by atoms with Crippen molar-refractivity contribution in [2.45, 2.75) is 13.0 Å². The van der Waals surface area contributed by atoms with Crippen molar-refractivity contribution in [1.82, 2.24) is 4.90 Å². The molecule has 1 heterocycles. The van der Waals surface area contributed by atoms with Crippen molar-refractivity contribution < 1.29 is 9.53 Å². The fraction of sp³-hybridized carbons (Fsp3) is 0.417. The van der Waals surface area contributed by atoms with E-state index >= 15 is 0 Å². The summed E-state index contributed by atoms with van der Waals surface area (Å²) < 4.78 is 5.38. The van der Waals surface area contributed by atoms with Gasteiger partial charge >= 0.3 is 6.03 Å². The van der Waals surface area contributed by atoms with E-state index in [2.05, 4.69) is 5.32 Å². The SMILES string of the molecule is CC1CN(C(=O)Nc2cccc(Cl)c2)CCO1. The van der Waals surface area contributed by atoms with Gasteiger partial charge in [-0.3, -0.25) is 0 Å². The second-order valence-electron chi connectivity index (χ2n) is 4.07. The second kappa shape index (κ2) is 5.38. The van der Waals surface area contributed by atoms with Crippen molar-refractivity contribution in [2.75, 3.05) is 25.0 Å². The van der Waals surface area contributed by atoms with Crippen LogP contribution >= 0.6 is 11.6 Å². The normalized spacial score (nSPS) is 20.1. The molecule has 1 fully saturated rings. The Kier molecular flexibility index (Phi) is 3.86. The van der Waals surface area contributed by atoms with E-state index in [0.29, 0.717) is 30.4 Å². The highest BCUT2D eigenvalue weighted by molar-refractivity contribution is 6.30. The second-order valence-corrected chi connectivity index (χ2v) is 4.50. The van der Waals surface area contributed by atoms with Gasteiger partial charge in [0, 0.05) is 23.8 Å². The third-order valence-electron chi connectivity index (χ3n) is 2.60. The number of carbonyl (C=O) groups is 1. The summed E-state index contributed by atoms with van der Waals surface area (Å²) in [5, 5.41) is 3.43. The number of ether oxygens (including phenoxy) is 1. The smallest absolute Gasteiger partial charge is 0.322 e. The summed E-state index contributed by atoms with van der Waals surface area (Å²) >= 11 is 5.85. The number of urea groups is 1. The first-order chi connectivity index (χ1) is 8.15. The minimum atomic E-state index is -0.109. The van der Waals surface area contributed by atoms with Crippen LogP contribution in [0.4, 0.5) is 10.5 Å². The number of benzene rings is 1. The topological polar surface area (TPSA) is 41.6 Å². The van der Waals surface area contributed by atoms with Gasteiger partial charge in [0.1, 0.15) is 0 Å². The summed E-state index contributed by atoms with van der Waals surface area (Å²) in [4.78, 5) is 13.7. The van der Waals surface area contributed by atoms with Crippen molar-refractivity contribution in [3.63, 3.8) is 0 Å². The summed E-state index contributed by atoms with van der Waals surface area (Å²) in [7, 11) is 0. The van der Waals surface area contributed by atoms with Crippen molar-refractivity contribution in [3.05, 3.63) is 29.3 Å². The largest absolute Gasteiger partial charge is 0.375 e. The Morgan fingerprint density at radius 3 is 3.12 bits per heavy atom. The third kappa shape index (κ3) is 3.35. The van der Waals surface area contributed by atoms with Crippen LogP contribution < -0.4 is 5.32 Å². The molecule has 0 aromatic heterocycles. The Labute approximate surface area is 106 Å². The van der Waals surface area contributed by atoms with Crippen molar-refractivity contribution in [2.24, 2.45) is 0 Å². The molecule has 4 nitrogen and oxygen atoms in total. The Hall–Kier alpha value is -1.26. The molecule has 1 aromatic rings. The number of nitrogens with one attached hydrogen (secondary N) is 1. The van der Waals surface area contributed by atoms with Crippen LogP contribution in [0.15, 0.2) is 24.3 Å². The summed E-state index contributed by atoms with van der Waals surface area (Å²) in [6.07, 6.45) is 0.0915. The maximum absolute atomic E-state index is 11.9. The highest BCUT2D eigenvalue weighted by Gasteiger charge is 2.21. The van der Waals surface area contributed by atoms with E-state index in [0.717, 1.165) is 0 Å². The number of anilines is 1. The lowest BCUT2D eigenvalue weighted by Crippen LogP contribution is -2.46. The average Bonchev–Trinajstić information content (AvgIpc) is 2.29. The number of halogens is 1. The van der Waals surface area contributed by atoms with Crippen LogP contribution in [0.1, 0.15) is 6.92 Å². The van der Waals surface area contributed by atoms with Gasteiger partial charge in [0.05, 0.1) is 12.7 Å². The lowest BCUT2D eigenvalue weighted by Gasteiger charge is -2.31. The van der Waals surface area contributed by atoms with E-state index < -0.39 is 0 Å². The van der Waals surface area contributed by atoms with Gasteiger partial charge < -0.3 is 15.0 Å². The molecular weight excluding hydrogens is 240 g/mol. The molecular formula is C12H15ClN2O2. The third-order valence-corrected chi connectivity index (χ3v) is 2.84. The Bertz CT molecular complexity index is 411. The zero-order chi connectivity index (χ0) is 12.3. The summed E-state index contributed by atoms with van der Waals surface area (Å²) in [6, 6.07) is 7.01. The summed E-state index contributed by atoms with van der Waals surface area (Å²) in [5.74, 6) is 0. The minimum absolute atomic E-state index is 0.0915. The number of nitrogens with zero attached hydrogens (tertiary/aromatic N) is 1. The predicted octanol–water partition coefficient (Wildman–Crippen LogP) is 2.59. The standard InChI is InChI=1S/C12H15ClN2O2/c1-9-8-15(5-6-17-9)12(16)14-11-4-2-3-10(13)7-11/h2-4,7,9H,5-6,8H2,1H3,(H,14,16). The zero-order valence-electron chi connectivity index (χ0n) is 9.65. The van der Waals surface area contributed by atoms with Gasteiger partial charge in [-0.1, -0.05) is 17.7 Å². The van der Waals surface area contributed by atoms with E-state index in [1.165, 1.54) is 0 Å². The molecule has 1 unspecified atom stereocenters. The van der Waals surface area contributed by atoms with Crippen LogP contribution in [0.2, 0.25) is 5.02 Å². The molecule has 1 N–H and O–H groups in total. The maximum atomic E-state index is 11.9. The monoisotopic (exact) mass is 254 g/mol. The molecule has 0 spiro atoms. The minimum Gasteiger partial charge on any atom is -0.375 e. The van der Waals surface area contributed by atoms with Gasteiger partial charge in [-0.2, -0.15) is 0 Å². The molecule has 1 saturated heterocycles. The van der Waals surface area contributed by atoms with E-state index in [9.17, 15) is 4.79 Å². The lowest BCUT2D eigenvalue weighted by atomic mass is 10.3. The first kappa shape index (κ1) is 12.2. The molecule has 5 heteroatoms. The molecule has 1 aliphatic rings. The molecule has 0 radical (unpaired) electrons. The molecule has 17 heavy (non-hydrogen) atoms. The van der Waals surface area contributed by atoms with Crippen molar-refractivity contribution in [1.29, 1.82) is 0 Å². The van der Waals surface area contributed by atoms with Crippen LogP contribution in [0.5, 0.6) is 0 Å². The van der Waals surface area contributed by atoms with E-state index in [1.807, 2.05) is 13.0 Å². The van der Waals surface area contributed by atoms with Gasteiger partial charge in [0.2, 0.25) is 0 Å². The van der Waals surface area contributed by atoms with Gasteiger partial charge in [0.15, 0.2) is 0 Å². The van der Waals surface area contributed by atoms with E-state index in [1.54, 1.807) is 23.1 Å².